The average molecular weight is 200 g/mol. The van der Waals surface area contributed by atoms with Gasteiger partial charge in [0.05, 0.1) is 0 Å². The fourth-order valence-electron chi connectivity index (χ4n) is 1.60. The molecule has 0 heteroatoms. The van der Waals surface area contributed by atoms with E-state index in [0.29, 0.717) is 0 Å². The second-order valence-corrected chi connectivity index (χ2v) is 3.95. The van der Waals surface area contributed by atoms with Crippen LogP contribution in [0.25, 0.3) is 10.8 Å². The minimum absolute atomic E-state index is 1.25. The Labute approximate surface area is 92.9 Å². The standard InChI is InChI=1S/C12H12.C3H8/c1-9-7-8-10(2)12-6-4-3-5-11(9)12;1-3-2/h3-8H,1-2H3;3H2,1-2H3. The van der Waals surface area contributed by atoms with E-state index in [0.717, 1.165) is 0 Å². The van der Waals surface area contributed by atoms with Crippen LogP contribution in [-0.4, -0.2) is 0 Å². The second-order valence-electron chi connectivity index (χ2n) is 3.95. The van der Waals surface area contributed by atoms with Crippen molar-refractivity contribution in [3.8, 4) is 0 Å². The lowest BCUT2D eigenvalue weighted by Crippen LogP contribution is -1.80. The van der Waals surface area contributed by atoms with E-state index in [1.165, 1.54) is 28.3 Å². The van der Waals surface area contributed by atoms with Gasteiger partial charge in [-0.2, -0.15) is 0 Å². The zero-order valence-electron chi connectivity index (χ0n) is 10.2. The SMILES string of the molecule is CCC.Cc1ccc(C)c2ccccc12. The van der Waals surface area contributed by atoms with E-state index in [4.69, 9.17) is 0 Å². The molecule has 80 valence electrons. The third-order valence-electron chi connectivity index (χ3n) is 2.36. The van der Waals surface area contributed by atoms with Gasteiger partial charge in [0.15, 0.2) is 0 Å². The van der Waals surface area contributed by atoms with E-state index >= 15 is 0 Å². The number of rotatable bonds is 0. The first-order valence-electron chi connectivity index (χ1n) is 5.65. The van der Waals surface area contributed by atoms with Crippen molar-refractivity contribution in [2.45, 2.75) is 34.1 Å². The normalized spacial score (nSPS) is 9.60. The molecular formula is C15H20. The Bertz CT molecular complexity index is 386. The summed E-state index contributed by atoms with van der Waals surface area (Å²) in [6, 6.07) is 12.9. The van der Waals surface area contributed by atoms with Crippen LogP contribution in [0.2, 0.25) is 0 Å². The Morgan fingerprint density at radius 2 is 1.07 bits per heavy atom. The van der Waals surface area contributed by atoms with Crippen LogP contribution in [-0.2, 0) is 0 Å². The largest absolute Gasteiger partial charge is 0.0656 e. The number of aryl methyl sites for hydroxylation is 2. The van der Waals surface area contributed by atoms with Crippen molar-refractivity contribution in [2.75, 3.05) is 0 Å². The van der Waals surface area contributed by atoms with Crippen LogP contribution in [0.5, 0.6) is 0 Å². The van der Waals surface area contributed by atoms with Crippen molar-refractivity contribution in [2.24, 2.45) is 0 Å². The number of benzene rings is 2. The summed E-state index contributed by atoms with van der Waals surface area (Å²) in [5.41, 5.74) is 2.72. The highest BCUT2D eigenvalue weighted by atomic mass is 14.0. The monoisotopic (exact) mass is 200 g/mol. The van der Waals surface area contributed by atoms with Crippen molar-refractivity contribution in [1.29, 1.82) is 0 Å². The maximum Gasteiger partial charge on any atom is -0.0152 e. The van der Waals surface area contributed by atoms with Crippen molar-refractivity contribution in [1.82, 2.24) is 0 Å². The fraction of sp³-hybridized carbons (Fsp3) is 0.333. The van der Waals surface area contributed by atoms with Crippen molar-refractivity contribution >= 4 is 10.8 Å². The first kappa shape index (κ1) is 11.8. The van der Waals surface area contributed by atoms with E-state index in [9.17, 15) is 0 Å². The molecule has 0 fully saturated rings. The highest BCUT2D eigenvalue weighted by Crippen LogP contribution is 2.20. The van der Waals surface area contributed by atoms with Crippen LogP contribution in [0.3, 0.4) is 0 Å². The molecule has 0 atom stereocenters. The minimum Gasteiger partial charge on any atom is -0.0656 e. The smallest absolute Gasteiger partial charge is 0.0152 e. The molecule has 0 radical (unpaired) electrons. The molecule has 2 aromatic carbocycles. The van der Waals surface area contributed by atoms with Gasteiger partial charge < -0.3 is 0 Å². The molecule has 2 aromatic rings. The van der Waals surface area contributed by atoms with Crippen molar-refractivity contribution in [3.05, 3.63) is 47.5 Å². The third kappa shape index (κ3) is 2.82. The predicted octanol–water partition coefficient (Wildman–Crippen LogP) is 4.87. The van der Waals surface area contributed by atoms with Crippen LogP contribution in [0, 0.1) is 13.8 Å². The molecule has 0 aliphatic carbocycles. The molecule has 0 N–H and O–H groups in total. The number of hydrogen-bond acceptors (Lipinski definition) is 0. The van der Waals surface area contributed by atoms with Gasteiger partial charge >= 0.3 is 0 Å². The van der Waals surface area contributed by atoms with E-state index in [1.54, 1.807) is 0 Å². The van der Waals surface area contributed by atoms with Crippen LogP contribution in [0.4, 0.5) is 0 Å². The Hall–Kier alpha value is -1.30. The molecule has 2 rings (SSSR count). The molecule has 15 heavy (non-hydrogen) atoms. The zero-order valence-corrected chi connectivity index (χ0v) is 10.2. The van der Waals surface area contributed by atoms with Crippen LogP contribution in [0.15, 0.2) is 36.4 Å². The molecule has 0 aliphatic rings. The minimum atomic E-state index is 1.25. The first-order valence-corrected chi connectivity index (χ1v) is 5.65. The molecule has 0 aromatic heterocycles. The summed E-state index contributed by atoms with van der Waals surface area (Å²) in [7, 11) is 0. The number of fused-ring (bicyclic) bond motifs is 1. The molecule has 0 saturated heterocycles. The first-order chi connectivity index (χ1) is 7.20. The zero-order chi connectivity index (χ0) is 11.3. The van der Waals surface area contributed by atoms with Crippen LogP contribution < -0.4 is 0 Å². The number of hydrogen-bond donors (Lipinski definition) is 0. The quantitative estimate of drug-likeness (QED) is 0.569. The molecule has 0 bridgehead atoms. The fourth-order valence-corrected chi connectivity index (χ4v) is 1.60. The van der Waals surface area contributed by atoms with Gasteiger partial charge in [0.2, 0.25) is 0 Å². The lowest BCUT2D eigenvalue weighted by molar-refractivity contribution is 1.09. The Balaban J connectivity index is 0.000000337. The van der Waals surface area contributed by atoms with E-state index in [-0.39, 0.29) is 0 Å². The molecule has 0 heterocycles. The van der Waals surface area contributed by atoms with Gasteiger partial charge in [-0.05, 0) is 35.7 Å². The van der Waals surface area contributed by atoms with Gasteiger partial charge in [0, 0.05) is 0 Å². The predicted molar refractivity (Wildman–Crippen MR) is 69.4 cm³/mol. The van der Waals surface area contributed by atoms with Gasteiger partial charge in [-0.15, -0.1) is 0 Å². The topological polar surface area (TPSA) is 0 Å². The van der Waals surface area contributed by atoms with Gasteiger partial charge in [-0.25, -0.2) is 0 Å². The molecule has 0 spiro atoms. The summed E-state index contributed by atoms with van der Waals surface area (Å²) in [6.07, 6.45) is 1.25. The Kier molecular flexibility index (Phi) is 4.36. The molecule has 0 amide bonds. The lowest BCUT2D eigenvalue weighted by atomic mass is 10.0. The highest BCUT2D eigenvalue weighted by molar-refractivity contribution is 5.88. The Morgan fingerprint density at radius 3 is 1.40 bits per heavy atom. The van der Waals surface area contributed by atoms with Gasteiger partial charge in [-0.1, -0.05) is 56.7 Å². The van der Waals surface area contributed by atoms with Crippen LogP contribution in [0.1, 0.15) is 31.4 Å². The van der Waals surface area contributed by atoms with E-state index < -0.39 is 0 Å². The van der Waals surface area contributed by atoms with Gasteiger partial charge in [0.25, 0.3) is 0 Å². The van der Waals surface area contributed by atoms with Gasteiger partial charge in [-0.3, -0.25) is 0 Å². The third-order valence-corrected chi connectivity index (χ3v) is 2.36. The molecule has 0 nitrogen and oxygen atoms in total. The van der Waals surface area contributed by atoms with E-state index in [2.05, 4.69) is 64.1 Å². The molecule has 0 unspecified atom stereocenters. The molecule has 0 aliphatic heterocycles. The van der Waals surface area contributed by atoms with Gasteiger partial charge in [0.1, 0.15) is 0 Å². The Morgan fingerprint density at radius 1 is 0.733 bits per heavy atom. The highest BCUT2D eigenvalue weighted by Gasteiger charge is 1.97. The summed E-state index contributed by atoms with van der Waals surface area (Å²) in [5.74, 6) is 0. The second kappa shape index (κ2) is 5.55. The summed E-state index contributed by atoms with van der Waals surface area (Å²) in [5, 5.41) is 2.75. The summed E-state index contributed by atoms with van der Waals surface area (Å²) < 4.78 is 0. The summed E-state index contributed by atoms with van der Waals surface area (Å²) in [6.45, 7) is 8.56. The molecular weight excluding hydrogens is 180 g/mol. The summed E-state index contributed by atoms with van der Waals surface area (Å²) in [4.78, 5) is 0. The molecule has 0 saturated carbocycles. The lowest BCUT2D eigenvalue weighted by Gasteiger charge is -2.03. The summed E-state index contributed by atoms with van der Waals surface area (Å²) >= 11 is 0. The maximum atomic E-state index is 2.18. The van der Waals surface area contributed by atoms with Crippen LogP contribution >= 0.6 is 0 Å². The maximum absolute atomic E-state index is 2.18. The average Bonchev–Trinajstić information content (AvgIpc) is 2.25. The van der Waals surface area contributed by atoms with E-state index in [1.807, 2.05) is 0 Å². The van der Waals surface area contributed by atoms with Crippen molar-refractivity contribution in [3.63, 3.8) is 0 Å². The van der Waals surface area contributed by atoms with Crippen molar-refractivity contribution < 1.29 is 0 Å².